The Morgan fingerprint density at radius 1 is 1.62 bits per heavy atom. The molecule has 1 amide bonds. The van der Waals surface area contributed by atoms with Crippen LogP contribution in [-0.2, 0) is 14.8 Å². The summed E-state index contributed by atoms with van der Waals surface area (Å²) in [6.45, 7) is -0.244. The van der Waals surface area contributed by atoms with Crippen LogP contribution in [-0.4, -0.2) is 47.6 Å². The van der Waals surface area contributed by atoms with Crippen molar-refractivity contribution < 1.29 is 13.2 Å². The SMILES string of the molecule is CN(CC(=O)NC1CC1)S(=O)(=O)c1c(Cl)nc2sccn12. The molecule has 114 valence electrons. The van der Waals surface area contributed by atoms with Crippen molar-refractivity contribution in [1.82, 2.24) is 19.0 Å². The number of rotatable bonds is 5. The molecule has 1 aliphatic rings. The highest BCUT2D eigenvalue weighted by molar-refractivity contribution is 7.89. The summed E-state index contributed by atoms with van der Waals surface area (Å²) in [6, 6.07) is 0.190. The van der Waals surface area contributed by atoms with Crippen LogP contribution in [0, 0.1) is 0 Å². The van der Waals surface area contributed by atoms with Crippen LogP contribution in [0.4, 0.5) is 0 Å². The van der Waals surface area contributed by atoms with E-state index in [9.17, 15) is 13.2 Å². The van der Waals surface area contributed by atoms with Gasteiger partial charge < -0.3 is 5.32 Å². The van der Waals surface area contributed by atoms with E-state index in [1.165, 1.54) is 22.8 Å². The maximum Gasteiger partial charge on any atom is 0.262 e. The lowest BCUT2D eigenvalue weighted by Gasteiger charge is -2.16. The maximum atomic E-state index is 12.6. The Morgan fingerprint density at radius 3 is 3.00 bits per heavy atom. The fourth-order valence-electron chi connectivity index (χ4n) is 1.91. The molecule has 0 unspecified atom stereocenters. The molecule has 0 spiro atoms. The van der Waals surface area contributed by atoms with Gasteiger partial charge in [-0.25, -0.2) is 13.4 Å². The number of fused-ring (bicyclic) bond motifs is 1. The van der Waals surface area contributed by atoms with Gasteiger partial charge >= 0.3 is 0 Å². The van der Waals surface area contributed by atoms with Crippen LogP contribution in [0.15, 0.2) is 16.6 Å². The molecule has 1 N–H and O–H groups in total. The van der Waals surface area contributed by atoms with E-state index in [2.05, 4.69) is 10.3 Å². The van der Waals surface area contributed by atoms with Crippen LogP contribution < -0.4 is 5.32 Å². The molecule has 0 atom stereocenters. The summed E-state index contributed by atoms with van der Waals surface area (Å²) >= 11 is 7.22. The highest BCUT2D eigenvalue weighted by atomic mass is 35.5. The number of likely N-dealkylation sites (N-methyl/N-ethyl adjacent to an activating group) is 1. The largest absolute Gasteiger partial charge is 0.352 e. The maximum absolute atomic E-state index is 12.6. The van der Waals surface area contributed by atoms with E-state index in [0.29, 0.717) is 4.96 Å². The topological polar surface area (TPSA) is 83.8 Å². The molecule has 0 radical (unpaired) electrons. The first-order chi connectivity index (χ1) is 9.89. The van der Waals surface area contributed by atoms with Gasteiger partial charge in [0.15, 0.2) is 15.1 Å². The second kappa shape index (κ2) is 5.24. The molecule has 2 heterocycles. The van der Waals surface area contributed by atoms with Gasteiger partial charge in [-0.1, -0.05) is 11.6 Å². The third-order valence-corrected chi connectivity index (χ3v) is 6.10. The number of amides is 1. The van der Waals surface area contributed by atoms with Crippen LogP contribution in [0.1, 0.15) is 12.8 Å². The van der Waals surface area contributed by atoms with Gasteiger partial charge in [-0.3, -0.25) is 9.20 Å². The zero-order chi connectivity index (χ0) is 15.2. The van der Waals surface area contributed by atoms with Gasteiger partial charge in [0.25, 0.3) is 10.0 Å². The van der Waals surface area contributed by atoms with Gasteiger partial charge in [-0.15, -0.1) is 11.3 Å². The standard InChI is InChI=1S/C11H13ClN4O3S2/c1-15(6-8(17)13-7-2-3-7)21(18,19)10-9(12)14-11-16(10)4-5-20-11/h4-5,7H,2-3,6H2,1H3,(H,13,17). The van der Waals surface area contributed by atoms with Gasteiger partial charge in [-0.05, 0) is 12.8 Å². The molecule has 0 bridgehead atoms. The molecule has 1 aliphatic carbocycles. The number of nitrogens with one attached hydrogen (secondary N) is 1. The molecular formula is C11H13ClN4O3S2. The quantitative estimate of drug-likeness (QED) is 0.871. The number of carbonyl (C=O) groups excluding carboxylic acids is 1. The van der Waals surface area contributed by atoms with Crippen LogP contribution in [0.25, 0.3) is 4.96 Å². The van der Waals surface area contributed by atoms with Crippen LogP contribution in [0.5, 0.6) is 0 Å². The molecule has 1 saturated carbocycles. The van der Waals surface area contributed by atoms with Gasteiger partial charge in [0.05, 0.1) is 6.54 Å². The number of carbonyl (C=O) groups is 1. The van der Waals surface area contributed by atoms with Crippen molar-refractivity contribution in [3.63, 3.8) is 0 Å². The lowest BCUT2D eigenvalue weighted by molar-refractivity contribution is -0.121. The van der Waals surface area contributed by atoms with Gasteiger partial charge in [0, 0.05) is 24.7 Å². The first kappa shape index (κ1) is 14.8. The summed E-state index contributed by atoms with van der Waals surface area (Å²) in [5.74, 6) is -0.314. The number of nitrogens with zero attached hydrogens (tertiary/aromatic N) is 3. The Hall–Kier alpha value is -1.16. The average molecular weight is 349 g/mol. The Morgan fingerprint density at radius 2 is 2.33 bits per heavy atom. The van der Waals surface area contributed by atoms with Crippen molar-refractivity contribution >= 4 is 43.8 Å². The molecule has 0 aliphatic heterocycles. The van der Waals surface area contributed by atoms with E-state index in [1.807, 2.05) is 0 Å². The summed E-state index contributed by atoms with van der Waals surface area (Å²) in [5.41, 5.74) is 0. The lowest BCUT2D eigenvalue weighted by atomic mass is 10.5. The molecule has 1 fully saturated rings. The van der Waals surface area contributed by atoms with E-state index < -0.39 is 10.0 Å². The number of halogens is 1. The van der Waals surface area contributed by atoms with Crippen LogP contribution in [0.3, 0.4) is 0 Å². The number of imidazole rings is 1. The molecule has 0 saturated heterocycles. The Labute approximate surface area is 130 Å². The number of aromatic nitrogens is 2. The molecule has 7 nitrogen and oxygen atoms in total. The molecular weight excluding hydrogens is 336 g/mol. The Balaban J connectivity index is 1.86. The summed E-state index contributed by atoms with van der Waals surface area (Å²) in [6.07, 6.45) is 3.49. The molecule has 10 heteroatoms. The molecule has 3 rings (SSSR count). The summed E-state index contributed by atoms with van der Waals surface area (Å²) in [7, 11) is -2.53. The van der Waals surface area contributed by atoms with Crippen molar-refractivity contribution in [2.75, 3.05) is 13.6 Å². The fraction of sp³-hybridized carbons (Fsp3) is 0.455. The lowest BCUT2D eigenvalue weighted by Crippen LogP contribution is -2.39. The number of hydrogen-bond donors (Lipinski definition) is 1. The van der Waals surface area contributed by atoms with Gasteiger partial charge in [0.2, 0.25) is 5.91 Å². The van der Waals surface area contributed by atoms with Gasteiger partial charge in [-0.2, -0.15) is 4.31 Å². The minimum atomic E-state index is -3.89. The summed E-state index contributed by atoms with van der Waals surface area (Å²) in [5, 5.41) is 4.27. The van der Waals surface area contributed by atoms with E-state index in [4.69, 9.17) is 11.6 Å². The first-order valence-corrected chi connectivity index (χ1v) is 8.96. The third-order valence-electron chi connectivity index (χ3n) is 3.14. The number of thiazole rings is 1. The predicted molar refractivity (Wildman–Crippen MR) is 79.1 cm³/mol. The zero-order valence-corrected chi connectivity index (χ0v) is 13.5. The number of sulfonamides is 1. The van der Waals surface area contributed by atoms with Crippen molar-refractivity contribution in [2.45, 2.75) is 23.9 Å². The minimum Gasteiger partial charge on any atom is -0.352 e. The van der Waals surface area contributed by atoms with E-state index >= 15 is 0 Å². The first-order valence-electron chi connectivity index (χ1n) is 6.26. The van der Waals surface area contributed by atoms with Crippen LogP contribution >= 0.6 is 22.9 Å². The summed E-state index contributed by atoms with van der Waals surface area (Å²) in [4.78, 5) is 16.2. The van der Waals surface area contributed by atoms with Crippen molar-refractivity contribution in [3.05, 3.63) is 16.7 Å². The third kappa shape index (κ3) is 2.78. The summed E-state index contributed by atoms with van der Waals surface area (Å²) < 4.78 is 27.5. The zero-order valence-electron chi connectivity index (χ0n) is 11.1. The highest BCUT2D eigenvalue weighted by Gasteiger charge is 2.31. The van der Waals surface area contributed by atoms with E-state index in [-0.39, 0.29) is 28.7 Å². The van der Waals surface area contributed by atoms with Crippen molar-refractivity contribution in [2.24, 2.45) is 0 Å². The Kier molecular flexibility index (Phi) is 3.68. The molecule has 2 aromatic rings. The second-order valence-corrected chi connectivity index (χ2v) is 8.06. The van der Waals surface area contributed by atoms with Crippen molar-refractivity contribution in [3.8, 4) is 0 Å². The normalized spacial score (nSPS) is 15.8. The fourth-order valence-corrected chi connectivity index (χ4v) is 4.43. The van der Waals surface area contributed by atoms with E-state index in [0.717, 1.165) is 17.1 Å². The molecule has 0 aromatic carbocycles. The molecule has 21 heavy (non-hydrogen) atoms. The minimum absolute atomic E-state index is 0.0868. The van der Waals surface area contributed by atoms with Gasteiger partial charge in [0.1, 0.15) is 0 Å². The number of hydrogen-bond acceptors (Lipinski definition) is 5. The second-order valence-electron chi connectivity index (χ2n) is 4.87. The van der Waals surface area contributed by atoms with Crippen molar-refractivity contribution in [1.29, 1.82) is 0 Å². The molecule has 2 aromatic heterocycles. The highest BCUT2D eigenvalue weighted by Crippen LogP contribution is 2.27. The van der Waals surface area contributed by atoms with Crippen LogP contribution in [0.2, 0.25) is 5.15 Å². The monoisotopic (exact) mass is 348 g/mol. The predicted octanol–water partition coefficient (Wildman–Crippen LogP) is 0.948. The average Bonchev–Trinajstić information content (AvgIpc) is 2.97. The van der Waals surface area contributed by atoms with E-state index in [1.54, 1.807) is 11.6 Å². The smallest absolute Gasteiger partial charge is 0.262 e. The Bertz CT molecular complexity index is 794.